The number of carboxylic acid groups (broad SMARTS) is 1. The Morgan fingerprint density at radius 3 is 2.65 bits per heavy atom. The number of benzene rings is 2. The minimum absolute atomic E-state index is 0.0281. The minimum Gasteiger partial charge on any atom is -0.478 e. The fraction of sp³-hybridized carbons (Fsp3) is 0.188. The van der Waals surface area contributed by atoms with E-state index >= 15 is 0 Å². The van der Waals surface area contributed by atoms with Crippen LogP contribution in [-0.4, -0.2) is 26.0 Å². The number of sulfonamides is 1. The van der Waals surface area contributed by atoms with Crippen LogP contribution in [0.25, 0.3) is 0 Å². The van der Waals surface area contributed by atoms with Crippen LogP contribution in [0.2, 0.25) is 0 Å². The summed E-state index contributed by atoms with van der Waals surface area (Å²) in [5.74, 6) is -2.44. The Bertz CT molecular complexity index is 895. The first kappa shape index (κ1) is 15.5. The van der Waals surface area contributed by atoms with Crippen molar-refractivity contribution >= 4 is 21.7 Å². The number of rotatable bonds is 3. The molecule has 0 saturated carbocycles. The van der Waals surface area contributed by atoms with Gasteiger partial charge in [-0.25, -0.2) is 17.6 Å². The molecule has 0 saturated heterocycles. The molecular formula is C16H14FNO4S. The van der Waals surface area contributed by atoms with Crippen LogP contribution in [0.1, 0.15) is 28.8 Å². The second-order valence-corrected chi connectivity index (χ2v) is 7.31. The van der Waals surface area contributed by atoms with Gasteiger partial charge in [-0.1, -0.05) is 25.1 Å². The molecule has 7 heteroatoms. The van der Waals surface area contributed by atoms with Crippen molar-refractivity contribution in [2.45, 2.75) is 17.7 Å². The monoisotopic (exact) mass is 335 g/mol. The first-order chi connectivity index (χ1) is 10.8. The number of nitrogens with zero attached hydrogens (tertiary/aromatic N) is 1. The Morgan fingerprint density at radius 2 is 1.96 bits per heavy atom. The lowest BCUT2D eigenvalue weighted by Crippen LogP contribution is -2.30. The number of halogens is 1. The molecule has 0 fully saturated rings. The normalized spacial score (nSPS) is 17.1. The third-order valence-electron chi connectivity index (χ3n) is 3.93. The quantitative estimate of drug-likeness (QED) is 0.936. The van der Waals surface area contributed by atoms with Gasteiger partial charge in [0.15, 0.2) is 0 Å². The molecule has 0 bridgehead atoms. The number of aromatic carboxylic acids is 1. The third kappa shape index (κ3) is 2.46. The van der Waals surface area contributed by atoms with Crippen molar-refractivity contribution < 1.29 is 22.7 Å². The summed E-state index contributed by atoms with van der Waals surface area (Å²) in [7, 11) is -3.95. The zero-order valence-electron chi connectivity index (χ0n) is 12.2. The Labute approximate surface area is 133 Å². The van der Waals surface area contributed by atoms with Crippen LogP contribution in [0.15, 0.2) is 47.4 Å². The molecule has 0 aliphatic carbocycles. The molecular weight excluding hydrogens is 321 g/mol. The zero-order valence-corrected chi connectivity index (χ0v) is 13.0. The summed E-state index contributed by atoms with van der Waals surface area (Å²) in [5, 5.41) is 8.97. The Kier molecular flexibility index (Phi) is 3.60. The van der Waals surface area contributed by atoms with Gasteiger partial charge in [0.05, 0.1) is 16.1 Å². The van der Waals surface area contributed by atoms with Crippen LogP contribution >= 0.6 is 0 Å². The van der Waals surface area contributed by atoms with Crippen LogP contribution in [-0.2, 0) is 10.0 Å². The number of fused-ring (bicyclic) bond motifs is 1. The highest BCUT2D eigenvalue weighted by Crippen LogP contribution is 2.39. The van der Waals surface area contributed by atoms with E-state index in [1.54, 1.807) is 12.1 Å². The molecule has 1 aliphatic rings. The lowest BCUT2D eigenvalue weighted by atomic mass is 10.0. The zero-order chi connectivity index (χ0) is 16.8. The SMILES string of the molecule is C[C@H]1CN(S(=O)(=O)c2ccc(F)c(C(=O)O)c2)c2ccccc21. The summed E-state index contributed by atoms with van der Waals surface area (Å²) in [6.07, 6.45) is 0. The first-order valence-corrected chi connectivity index (χ1v) is 8.41. The molecule has 23 heavy (non-hydrogen) atoms. The fourth-order valence-corrected chi connectivity index (χ4v) is 4.37. The largest absolute Gasteiger partial charge is 0.478 e. The summed E-state index contributed by atoms with van der Waals surface area (Å²) < 4.78 is 40.4. The standard InChI is InChI=1S/C16H14FNO4S/c1-10-9-18(15-5-3-2-4-12(10)15)23(21,22)11-6-7-14(17)13(8-11)16(19)20/h2-8,10H,9H2,1H3,(H,19,20)/t10-/m0/s1. The van der Waals surface area contributed by atoms with Crippen LogP contribution in [0.5, 0.6) is 0 Å². The van der Waals surface area contributed by atoms with Gasteiger partial charge in [0.2, 0.25) is 0 Å². The maximum Gasteiger partial charge on any atom is 0.338 e. The molecule has 0 amide bonds. The highest BCUT2D eigenvalue weighted by Gasteiger charge is 2.34. The highest BCUT2D eigenvalue weighted by atomic mass is 32.2. The second-order valence-electron chi connectivity index (χ2n) is 5.44. The lowest BCUT2D eigenvalue weighted by Gasteiger charge is -2.20. The molecule has 120 valence electrons. The Balaban J connectivity index is 2.11. The van der Waals surface area contributed by atoms with E-state index in [4.69, 9.17) is 5.11 Å². The van der Waals surface area contributed by atoms with Crippen LogP contribution < -0.4 is 4.31 Å². The molecule has 2 aromatic carbocycles. The van der Waals surface area contributed by atoms with Gasteiger partial charge in [0.1, 0.15) is 5.82 Å². The average Bonchev–Trinajstić information content (AvgIpc) is 2.85. The van der Waals surface area contributed by atoms with Crippen molar-refractivity contribution in [3.05, 3.63) is 59.4 Å². The van der Waals surface area contributed by atoms with E-state index in [2.05, 4.69) is 0 Å². The molecule has 0 spiro atoms. The Morgan fingerprint density at radius 1 is 1.26 bits per heavy atom. The van der Waals surface area contributed by atoms with Crippen molar-refractivity contribution in [3.63, 3.8) is 0 Å². The van der Waals surface area contributed by atoms with Gasteiger partial charge in [-0.15, -0.1) is 0 Å². The van der Waals surface area contributed by atoms with Crippen molar-refractivity contribution in [2.75, 3.05) is 10.8 Å². The van der Waals surface area contributed by atoms with Gasteiger partial charge in [0.25, 0.3) is 10.0 Å². The summed E-state index contributed by atoms with van der Waals surface area (Å²) in [4.78, 5) is 10.8. The molecule has 1 atom stereocenters. The predicted molar refractivity (Wildman–Crippen MR) is 82.7 cm³/mol. The van der Waals surface area contributed by atoms with Gasteiger partial charge in [-0.05, 0) is 29.8 Å². The molecule has 1 N–H and O–H groups in total. The van der Waals surface area contributed by atoms with E-state index in [9.17, 15) is 17.6 Å². The third-order valence-corrected chi connectivity index (χ3v) is 5.71. The highest BCUT2D eigenvalue weighted by molar-refractivity contribution is 7.92. The Hall–Kier alpha value is -2.41. The number of para-hydroxylation sites is 1. The fourth-order valence-electron chi connectivity index (χ4n) is 2.76. The number of carboxylic acids is 1. The van der Waals surface area contributed by atoms with Crippen molar-refractivity contribution in [3.8, 4) is 0 Å². The van der Waals surface area contributed by atoms with Crippen LogP contribution in [0.4, 0.5) is 10.1 Å². The van der Waals surface area contributed by atoms with Gasteiger partial charge in [0, 0.05) is 12.5 Å². The summed E-state index contributed by atoms with van der Waals surface area (Å²) in [6, 6.07) is 9.96. The molecule has 5 nitrogen and oxygen atoms in total. The molecule has 0 unspecified atom stereocenters. The van der Waals surface area contributed by atoms with Crippen molar-refractivity contribution in [1.29, 1.82) is 0 Å². The van der Waals surface area contributed by atoms with E-state index in [1.807, 2.05) is 19.1 Å². The van der Waals surface area contributed by atoms with E-state index < -0.39 is 27.4 Å². The molecule has 3 rings (SSSR count). The number of hydrogen-bond acceptors (Lipinski definition) is 3. The molecule has 1 aliphatic heterocycles. The molecule has 1 heterocycles. The smallest absolute Gasteiger partial charge is 0.338 e. The minimum atomic E-state index is -3.95. The summed E-state index contributed by atoms with van der Waals surface area (Å²) in [6.45, 7) is 2.18. The van der Waals surface area contributed by atoms with Gasteiger partial charge in [-0.2, -0.15) is 0 Å². The van der Waals surface area contributed by atoms with E-state index in [0.717, 1.165) is 23.8 Å². The second kappa shape index (κ2) is 5.34. The summed E-state index contributed by atoms with van der Waals surface area (Å²) in [5.41, 5.74) is 0.824. The van der Waals surface area contributed by atoms with Crippen molar-refractivity contribution in [2.24, 2.45) is 0 Å². The van der Waals surface area contributed by atoms with E-state index in [-0.39, 0.29) is 17.4 Å². The maximum absolute atomic E-state index is 13.5. The van der Waals surface area contributed by atoms with Gasteiger partial charge < -0.3 is 5.11 Å². The number of hydrogen-bond donors (Lipinski definition) is 1. The lowest BCUT2D eigenvalue weighted by molar-refractivity contribution is 0.0691. The predicted octanol–water partition coefficient (Wildman–Crippen LogP) is 2.84. The number of anilines is 1. The first-order valence-electron chi connectivity index (χ1n) is 6.97. The maximum atomic E-state index is 13.5. The topological polar surface area (TPSA) is 74.7 Å². The van der Waals surface area contributed by atoms with E-state index in [1.165, 1.54) is 4.31 Å². The van der Waals surface area contributed by atoms with Gasteiger partial charge in [-0.3, -0.25) is 4.31 Å². The summed E-state index contributed by atoms with van der Waals surface area (Å²) >= 11 is 0. The van der Waals surface area contributed by atoms with Crippen molar-refractivity contribution in [1.82, 2.24) is 0 Å². The molecule has 2 aromatic rings. The molecule has 0 aromatic heterocycles. The number of carbonyl (C=O) groups is 1. The van der Waals surface area contributed by atoms with Crippen LogP contribution in [0.3, 0.4) is 0 Å². The van der Waals surface area contributed by atoms with Gasteiger partial charge >= 0.3 is 5.97 Å². The average molecular weight is 335 g/mol. The van der Waals surface area contributed by atoms with E-state index in [0.29, 0.717) is 5.69 Å². The molecule has 0 radical (unpaired) electrons. The van der Waals surface area contributed by atoms with Crippen LogP contribution in [0, 0.1) is 5.82 Å².